The highest BCUT2D eigenvalue weighted by molar-refractivity contribution is 5.77. The van der Waals surface area contributed by atoms with Gasteiger partial charge in [-0.15, -0.1) is 0 Å². The minimum Gasteiger partial charge on any atom is -0.369 e. The first-order valence-corrected chi connectivity index (χ1v) is 6.21. The molecule has 0 aliphatic heterocycles. The van der Waals surface area contributed by atoms with Crippen molar-refractivity contribution in [2.75, 3.05) is 5.73 Å². The summed E-state index contributed by atoms with van der Waals surface area (Å²) < 4.78 is 3.83. The Morgan fingerprint density at radius 1 is 1.37 bits per heavy atom. The number of aromatic nitrogens is 5. The van der Waals surface area contributed by atoms with Crippen LogP contribution >= 0.6 is 0 Å². The van der Waals surface area contributed by atoms with Crippen molar-refractivity contribution in [3.8, 4) is 0 Å². The third kappa shape index (κ3) is 1.95. The molecule has 0 atom stereocenters. The molecule has 3 aromatic rings. The van der Waals surface area contributed by atoms with E-state index in [0.29, 0.717) is 5.95 Å². The van der Waals surface area contributed by atoms with Crippen LogP contribution in [0.4, 0.5) is 5.95 Å². The fourth-order valence-electron chi connectivity index (χ4n) is 2.36. The highest BCUT2D eigenvalue weighted by Gasteiger charge is 2.15. The maximum atomic E-state index is 5.99. The molecule has 6 heteroatoms. The van der Waals surface area contributed by atoms with Crippen LogP contribution < -0.4 is 5.73 Å². The van der Waals surface area contributed by atoms with Crippen molar-refractivity contribution in [2.24, 2.45) is 7.05 Å². The van der Waals surface area contributed by atoms with Gasteiger partial charge in [-0.2, -0.15) is 5.10 Å². The number of hydrogen-bond donors (Lipinski definition) is 1. The zero-order valence-corrected chi connectivity index (χ0v) is 11.0. The van der Waals surface area contributed by atoms with E-state index in [4.69, 9.17) is 5.73 Å². The lowest BCUT2D eigenvalue weighted by Gasteiger charge is -2.06. The average molecular weight is 256 g/mol. The van der Waals surface area contributed by atoms with E-state index in [-0.39, 0.29) is 0 Å². The van der Waals surface area contributed by atoms with Gasteiger partial charge in [-0.25, -0.2) is 4.98 Å². The van der Waals surface area contributed by atoms with Gasteiger partial charge in [0, 0.05) is 26.0 Å². The van der Waals surface area contributed by atoms with Crippen LogP contribution in [0.1, 0.15) is 11.3 Å². The fraction of sp³-hybridized carbons (Fsp3) is 0.308. The van der Waals surface area contributed by atoms with Crippen LogP contribution in [0.15, 0.2) is 24.5 Å². The van der Waals surface area contributed by atoms with Crippen LogP contribution in [0.25, 0.3) is 11.2 Å². The topological polar surface area (TPSA) is 74.6 Å². The van der Waals surface area contributed by atoms with Gasteiger partial charge in [0.05, 0.1) is 5.69 Å². The first-order chi connectivity index (χ1) is 9.16. The molecular weight excluding hydrogens is 240 g/mol. The van der Waals surface area contributed by atoms with E-state index in [9.17, 15) is 0 Å². The number of hydrogen-bond acceptors (Lipinski definition) is 4. The molecule has 0 aliphatic rings. The SMILES string of the molecule is Cc1nn(C)c2c1nc(N)n2CCc1cccnc1. The van der Waals surface area contributed by atoms with Gasteiger partial charge in [0.2, 0.25) is 5.95 Å². The Morgan fingerprint density at radius 2 is 2.21 bits per heavy atom. The second-order valence-corrected chi connectivity index (χ2v) is 4.61. The third-order valence-electron chi connectivity index (χ3n) is 3.27. The summed E-state index contributed by atoms with van der Waals surface area (Å²) >= 11 is 0. The highest BCUT2D eigenvalue weighted by atomic mass is 15.3. The molecule has 0 saturated carbocycles. The number of anilines is 1. The molecule has 19 heavy (non-hydrogen) atoms. The second kappa shape index (κ2) is 4.38. The predicted octanol–water partition coefficient (Wildman–Crippen LogP) is 1.30. The van der Waals surface area contributed by atoms with Gasteiger partial charge in [-0.3, -0.25) is 14.2 Å². The van der Waals surface area contributed by atoms with Gasteiger partial charge >= 0.3 is 0 Å². The Bertz CT molecular complexity index is 710. The predicted molar refractivity (Wildman–Crippen MR) is 73.6 cm³/mol. The number of pyridine rings is 1. The van der Waals surface area contributed by atoms with Crippen LogP contribution in [0.5, 0.6) is 0 Å². The molecule has 6 nitrogen and oxygen atoms in total. The molecule has 0 fully saturated rings. The van der Waals surface area contributed by atoms with Gasteiger partial charge in [0.15, 0.2) is 5.65 Å². The molecule has 0 spiro atoms. The van der Waals surface area contributed by atoms with Gasteiger partial charge in [0.1, 0.15) is 5.52 Å². The van der Waals surface area contributed by atoms with E-state index in [0.717, 1.165) is 29.8 Å². The summed E-state index contributed by atoms with van der Waals surface area (Å²) in [5.74, 6) is 0.537. The summed E-state index contributed by atoms with van der Waals surface area (Å²) in [4.78, 5) is 8.50. The zero-order chi connectivity index (χ0) is 13.4. The fourth-order valence-corrected chi connectivity index (χ4v) is 2.36. The Labute approximate surface area is 110 Å². The van der Waals surface area contributed by atoms with Gasteiger partial charge < -0.3 is 5.73 Å². The molecule has 2 N–H and O–H groups in total. The van der Waals surface area contributed by atoms with Crippen LogP contribution in [-0.4, -0.2) is 24.3 Å². The van der Waals surface area contributed by atoms with E-state index in [1.807, 2.05) is 35.5 Å². The second-order valence-electron chi connectivity index (χ2n) is 4.61. The van der Waals surface area contributed by atoms with E-state index in [2.05, 4.69) is 21.1 Å². The number of nitrogens with zero attached hydrogens (tertiary/aromatic N) is 5. The number of nitrogen functional groups attached to an aromatic ring is 1. The molecule has 0 aliphatic carbocycles. The summed E-state index contributed by atoms with van der Waals surface area (Å²) in [6.45, 7) is 2.72. The van der Waals surface area contributed by atoms with Crippen molar-refractivity contribution >= 4 is 17.1 Å². The van der Waals surface area contributed by atoms with Gasteiger partial charge in [-0.05, 0) is 25.0 Å². The van der Waals surface area contributed by atoms with Crippen molar-refractivity contribution in [3.63, 3.8) is 0 Å². The normalized spacial score (nSPS) is 11.3. The van der Waals surface area contributed by atoms with Gasteiger partial charge in [0.25, 0.3) is 0 Å². The molecule has 3 aromatic heterocycles. The standard InChI is InChI=1S/C13H16N6/c1-9-11-12(18(2)17-9)19(13(14)16-11)7-5-10-4-3-6-15-8-10/h3-4,6,8H,5,7H2,1-2H3,(H2,14,16). The largest absolute Gasteiger partial charge is 0.369 e. The van der Waals surface area contributed by atoms with Gasteiger partial charge in [-0.1, -0.05) is 6.07 Å². The van der Waals surface area contributed by atoms with Crippen LogP contribution in [-0.2, 0) is 20.0 Å². The summed E-state index contributed by atoms with van der Waals surface area (Å²) in [5.41, 5.74) is 9.94. The van der Waals surface area contributed by atoms with Crippen molar-refractivity contribution in [1.82, 2.24) is 24.3 Å². The maximum Gasteiger partial charge on any atom is 0.202 e. The summed E-state index contributed by atoms with van der Waals surface area (Å²) in [6, 6.07) is 4.00. The number of aryl methyl sites for hydroxylation is 4. The van der Waals surface area contributed by atoms with Crippen LogP contribution in [0, 0.1) is 6.92 Å². The molecule has 0 bridgehead atoms. The summed E-state index contributed by atoms with van der Waals surface area (Å²) in [6.07, 6.45) is 4.52. The van der Waals surface area contributed by atoms with E-state index >= 15 is 0 Å². The minimum absolute atomic E-state index is 0.537. The Hall–Kier alpha value is -2.37. The molecule has 3 heterocycles. The van der Waals surface area contributed by atoms with Crippen LogP contribution in [0.3, 0.4) is 0 Å². The third-order valence-corrected chi connectivity index (χ3v) is 3.27. The molecule has 0 amide bonds. The lowest BCUT2D eigenvalue weighted by Crippen LogP contribution is -2.08. The zero-order valence-electron chi connectivity index (χ0n) is 11.0. The number of imidazole rings is 1. The average Bonchev–Trinajstić information content (AvgIpc) is 2.87. The first-order valence-electron chi connectivity index (χ1n) is 6.21. The number of rotatable bonds is 3. The quantitative estimate of drug-likeness (QED) is 0.766. The maximum absolute atomic E-state index is 5.99. The molecule has 98 valence electrons. The molecule has 0 unspecified atom stereocenters. The Morgan fingerprint density at radius 3 is 2.95 bits per heavy atom. The van der Waals surface area contributed by atoms with Crippen molar-refractivity contribution in [2.45, 2.75) is 19.9 Å². The highest BCUT2D eigenvalue weighted by Crippen LogP contribution is 2.20. The lowest BCUT2D eigenvalue weighted by atomic mass is 10.2. The number of nitrogens with two attached hydrogens (primary N) is 1. The van der Waals surface area contributed by atoms with Crippen LogP contribution in [0.2, 0.25) is 0 Å². The van der Waals surface area contributed by atoms with E-state index < -0.39 is 0 Å². The van der Waals surface area contributed by atoms with Crippen molar-refractivity contribution < 1.29 is 0 Å². The number of fused-ring (bicyclic) bond motifs is 1. The minimum atomic E-state index is 0.537. The van der Waals surface area contributed by atoms with Crippen molar-refractivity contribution in [1.29, 1.82) is 0 Å². The summed E-state index contributed by atoms with van der Waals surface area (Å²) in [5, 5.41) is 4.37. The Kier molecular flexibility index (Phi) is 2.70. The molecular formula is C13H16N6. The summed E-state index contributed by atoms with van der Waals surface area (Å²) in [7, 11) is 1.91. The Balaban J connectivity index is 1.94. The molecule has 0 radical (unpaired) electrons. The van der Waals surface area contributed by atoms with E-state index in [1.165, 1.54) is 5.56 Å². The molecule has 0 aromatic carbocycles. The molecule has 0 saturated heterocycles. The van der Waals surface area contributed by atoms with E-state index in [1.54, 1.807) is 6.20 Å². The van der Waals surface area contributed by atoms with Crippen molar-refractivity contribution in [3.05, 3.63) is 35.8 Å². The monoisotopic (exact) mass is 256 g/mol. The molecule has 3 rings (SSSR count). The first kappa shape index (κ1) is 11.7. The smallest absolute Gasteiger partial charge is 0.202 e. The lowest BCUT2D eigenvalue weighted by molar-refractivity contribution is 0.678.